The van der Waals surface area contributed by atoms with Crippen LogP contribution in [0.2, 0.25) is 0 Å². The largest absolute Gasteiger partial charge is 0.481 e. The molecule has 0 amide bonds. The molecule has 22 heavy (non-hydrogen) atoms. The maximum absolute atomic E-state index is 11.9. The number of benzene rings is 2. The topological polar surface area (TPSA) is 46.5 Å². The van der Waals surface area contributed by atoms with Gasteiger partial charge in [-0.3, -0.25) is 4.79 Å². The van der Waals surface area contributed by atoms with Gasteiger partial charge in [-0.2, -0.15) is 0 Å². The molecule has 0 aromatic heterocycles. The van der Waals surface area contributed by atoms with Gasteiger partial charge in [-0.05, 0) is 23.6 Å². The molecule has 0 bridgehead atoms. The second-order valence-corrected chi connectivity index (χ2v) is 5.67. The molecule has 0 spiro atoms. The molecule has 0 saturated carbocycles. The van der Waals surface area contributed by atoms with Crippen LogP contribution < -0.4 is 0 Å². The first-order chi connectivity index (χ1) is 10.6. The highest BCUT2D eigenvalue weighted by atomic mass is 16.5. The molecule has 3 rings (SSSR count). The SMILES string of the molecule is CC1(C(=O)O)c2ccccc2C=CC1OCc1ccccc1. The Kier molecular flexibility index (Phi) is 3.82. The Hall–Kier alpha value is -2.39. The predicted molar refractivity (Wildman–Crippen MR) is 85.5 cm³/mol. The van der Waals surface area contributed by atoms with Gasteiger partial charge in [0.05, 0.1) is 12.7 Å². The third-order valence-corrected chi connectivity index (χ3v) is 4.26. The van der Waals surface area contributed by atoms with Crippen LogP contribution in [0.4, 0.5) is 0 Å². The van der Waals surface area contributed by atoms with Crippen molar-refractivity contribution in [3.63, 3.8) is 0 Å². The molecular weight excluding hydrogens is 276 g/mol. The van der Waals surface area contributed by atoms with Crippen molar-refractivity contribution in [3.8, 4) is 0 Å². The number of rotatable bonds is 4. The summed E-state index contributed by atoms with van der Waals surface area (Å²) in [6, 6.07) is 17.4. The molecule has 2 atom stereocenters. The van der Waals surface area contributed by atoms with Crippen molar-refractivity contribution >= 4 is 12.0 Å². The number of carbonyl (C=O) groups is 1. The second kappa shape index (κ2) is 5.78. The van der Waals surface area contributed by atoms with Gasteiger partial charge < -0.3 is 9.84 Å². The van der Waals surface area contributed by atoms with Gasteiger partial charge in [0.2, 0.25) is 0 Å². The first kappa shape index (κ1) is 14.5. The number of hydrogen-bond acceptors (Lipinski definition) is 2. The fourth-order valence-corrected chi connectivity index (χ4v) is 2.87. The van der Waals surface area contributed by atoms with E-state index in [-0.39, 0.29) is 0 Å². The van der Waals surface area contributed by atoms with Gasteiger partial charge in [-0.1, -0.05) is 66.7 Å². The number of carboxylic acid groups (broad SMARTS) is 1. The highest BCUT2D eigenvalue weighted by molar-refractivity contribution is 5.85. The number of ether oxygens (including phenoxy) is 1. The zero-order chi connectivity index (χ0) is 15.6. The first-order valence-corrected chi connectivity index (χ1v) is 7.29. The summed E-state index contributed by atoms with van der Waals surface area (Å²) in [5, 5.41) is 9.80. The van der Waals surface area contributed by atoms with Crippen molar-refractivity contribution in [1.29, 1.82) is 0 Å². The average molecular weight is 294 g/mol. The summed E-state index contributed by atoms with van der Waals surface area (Å²) in [4.78, 5) is 11.9. The molecule has 0 heterocycles. The van der Waals surface area contributed by atoms with Gasteiger partial charge in [-0.25, -0.2) is 0 Å². The predicted octanol–water partition coefficient (Wildman–Crippen LogP) is 3.64. The van der Waals surface area contributed by atoms with Crippen LogP contribution in [0.3, 0.4) is 0 Å². The molecule has 1 N–H and O–H groups in total. The lowest BCUT2D eigenvalue weighted by Crippen LogP contribution is -2.46. The first-order valence-electron chi connectivity index (χ1n) is 7.29. The van der Waals surface area contributed by atoms with Crippen molar-refractivity contribution in [3.05, 3.63) is 77.4 Å². The summed E-state index contributed by atoms with van der Waals surface area (Å²) in [5.74, 6) is -0.873. The van der Waals surface area contributed by atoms with E-state index in [2.05, 4.69) is 0 Å². The zero-order valence-electron chi connectivity index (χ0n) is 12.4. The minimum Gasteiger partial charge on any atom is -0.481 e. The van der Waals surface area contributed by atoms with Crippen LogP contribution in [0.1, 0.15) is 23.6 Å². The number of aliphatic carboxylic acids is 1. The molecule has 3 heteroatoms. The zero-order valence-corrected chi connectivity index (χ0v) is 12.4. The summed E-state index contributed by atoms with van der Waals surface area (Å²) in [6.45, 7) is 2.12. The Bertz CT molecular complexity index is 706. The second-order valence-electron chi connectivity index (χ2n) is 5.67. The van der Waals surface area contributed by atoms with E-state index in [4.69, 9.17) is 4.74 Å². The van der Waals surface area contributed by atoms with Crippen LogP contribution in [0, 0.1) is 0 Å². The summed E-state index contributed by atoms with van der Waals surface area (Å²) in [5.41, 5.74) is 1.68. The average Bonchev–Trinajstić information content (AvgIpc) is 2.55. The van der Waals surface area contributed by atoms with E-state index < -0.39 is 17.5 Å². The van der Waals surface area contributed by atoms with Crippen molar-refractivity contribution < 1.29 is 14.6 Å². The Morgan fingerprint density at radius 3 is 2.55 bits per heavy atom. The van der Waals surface area contributed by atoms with Crippen molar-refractivity contribution in [2.75, 3.05) is 0 Å². The summed E-state index contributed by atoms with van der Waals surface area (Å²) >= 11 is 0. The Morgan fingerprint density at radius 1 is 1.14 bits per heavy atom. The van der Waals surface area contributed by atoms with E-state index in [1.54, 1.807) is 6.92 Å². The van der Waals surface area contributed by atoms with Gasteiger partial charge in [0, 0.05) is 0 Å². The maximum atomic E-state index is 11.9. The van der Waals surface area contributed by atoms with E-state index in [0.717, 1.165) is 16.7 Å². The third-order valence-electron chi connectivity index (χ3n) is 4.26. The van der Waals surface area contributed by atoms with Crippen LogP contribution in [0.25, 0.3) is 6.08 Å². The van der Waals surface area contributed by atoms with Crippen molar-refractivity contribution in [2.45, 2.75) is 25.0 Å². The van der Waals surface area contributed by atoms with E-state index in [1.165, 1.54) is 0 Å². The minimum atomic E-state index is -1.08. The van der Waals surface area contributed by atoms with Gasteiger partial charge in [-0.15, -0.1) is 0 Å². The van der Waals surface area contributed by atoms with E-state index in [9.17, 15) is 9.90 Å². The van der Waals surface area contributed by atoms with Gasteiger partial charge >= 0.3 is 5.97 Å². The standard InChI is InChI=1S/C19H18O3/c1-19(18(20)21)16-10-6-5-9-15(16)11-12-17(19)22-13-14-7-3-2-4-8-14/h2-12,17H,13H2,1H3,(H,20,21). The molecular formula is C19H18O3. The van der Waals surface area contributed by atoms with Crippen LogP contribution in [-0.4, -0.2) is 17.2 Å². The molecule has 3 nitrogen and oxygen atoms in total. The fourth-order valence-electron chi connectivity index (χ4n) is 2.87. The molecule has 112 valence electrons. The molecule has 2 aromatic rings. The Labute approximate surface area is 129 Å². The lowest BCUT2D eigenvalue weighted by molar-refractivity contribution is -0.148. The number of hydrogen-bond donors (Lipinski definition) is 1. The monoisotopic (exact) mass is 294 g/mol. The molecule has 2 unspecified atom stereocenters. The van der Waals surface area contributed by atoms with Crippen molar-refractivity contribution in [1.82, 2.24) is 0 Å². The molecule has 0 aliphatic heterocycles. The molecule has 1 aliphatic carbocycles. The summed E-state index contributed by atoms with van der Waals surface area (Å²) < 4.78 is 5.94. The minimum absolute atomic E-state index is 0.390. The number of fused-ring (bicyclic) bond motifs is 1. The van der Waals surface area contributed by atoms with Crippen LogP contribution in [-0.2, 0) is 21.6 Å². The summed E-state index contributed by atoms with van der Waals surface area (Å²) in [7, 11) is 0. The highest BCUT2D eigenvalue weighted by Crippen LogP contribution is 2.38. The smallest absolute Gasteiger partial charge is 0.316 e. The van der Waals surface area contributed by atoms with E-state index >= 15 is 0 Å². The molecule has 0 radical (unpaired) electrons. The van der Waals surface area contributed by atoms with Crippen LogP contribution in [0.15, 0.2) is 60.7 Å². The van der Waals surface area contributed by atoms with Gasteiger partial charge in [0.15, 0.2) is 0 Å². The fraction of sp³-hybridized carbons (Fsp3) is 0.211. The number of carboxylic acids is 1. The molecule has 0 fully saturated rings. The maximum Gasteiger partial charge on any atom is 0.316 e. The highest BCUT2D eigenvalue weighted by Gasteiger charge is 2.45. The Balaban J connectivity index is 1.90. The lowest BCUT2D eigenvalue weighted by atomic mass is 9.72. The quantitative estimate of drug-likeness (QED) is 0.936. The van der Waals surface area contributed by atoms with E-state index in [1.807, 2.05) is 66.7 Å². The van der Waals surface area contributed by atoms with Gasteiger partial charge in [0.25, 0.3) is 0 Å². The molecule has 0 saturated heterocycles. The lowest BCUT2D eigenvalue weighted by Gasteiger charge is -2.36. The van der Waals surface area contributed by atoms with Crippen LogP contribution >= 0.6 is 0 Å². The van der Waals surface area contributed by atoms with Crippen LogP contribution in [0.5, 0.6) is 0 Å². The van der Waals surface area contributed by atoms with E-state index in [0.29, 0.717) is 6.61 Å². The molecule has 1 aliphatic rings. The third kappa shape index (κ3) is 2.44. The van der Waals surface area contributed by atoms with Crippen molar-refractivity contribution in [2.24, 2.45) is 0 Å². The normalized spacial score (nSPS) is 23.0. The summed E-state index contributed by atoms with van der Waals surface area (Å²) in [6.07, 6.45) is 3.29. The molecule has 2 aromatic carbocycles. The van der Waals surface area contributed by atoms with Gasteiger partial charge in [0.1, 0.15) is 5.41 Å². The Morgan fingerprint density at radius 2 is 1.82 bits per heavy atom.